The SMILES string of the molecule is Clc1cccc(CSc2ccc(-c3ccc(-c4ccccc4)cc3)nn2)c1. The molecule has 0 bridgehead atoms. The van der Waals surface area contributed by atoms with Gasteiger partial charge in [-0.2, -0.15) is 0 Å². The van der Waals surface area contributed by atoms with Gasteiger partial charge in [-0.3, -0.25) is 0 Å². The van der Waals surface area contributed by atoms with E-state index in [9.17, 15) is 0 Å². The molecule has 1 aromatic heterocycles. The van der Waals surface area contributed by atoms with Crippen LogP contribution >= 0.6 is 23.4 Å². The number of halogens is 1. The van der Waals surface area contributed by atoms with Gasteiger partial charge in [0.05, 0.1) is 5.69 Å². The first-order valence-electron chi connectivity index (χ1n) is 8.65. The van der Waals surface area contributed by atoms with Crippen LogP contribution in [0, 0.1) is 0 Å². The molecule has 0 radical (unpaired) electrons. The van der Waals surface area contributed by atoms with Gasteiger partial charge in [0.25, 0.3) is 0 Å². The van der Waals surface area contributed by atoms with Gasteiger partial charge in [0.15, 0.2) is 0 Å². The predicted molar refractivity (Wildman–Crippen MR) is 114 cm³/mol. The predicted octanol–water partition coefficient (Wildman–Crippen LogP) is 6.76. The number of hydrogen-bond acceptors (Lipinski definition) is 3. The lowest BCUT2D eigenvalue weighted by molar-refractivity contribution is 0.935. The molecule has 0 saturated heterocycles. The number of benzene rings is 3. The summed E-state index contributed by atoms with van der Waals surface area (Å²) in [4.78, 5) is 0. The van der Waals surface area contributed by atoms with E-state index in [-0.39, 0.29) is 0 Å². The van der Waals surface area contributed by atoms with Crippen LogP contribution in [-0.4, -0.2) is 10.2 Å². The van der Waals surface area contributed by atoms with E-state index >= 15 is 0 Å². The fourth-order valence-electron chi connectivity index (χ4n) is 2.80. The molecule has 1 heterocycles. The van der Waals surface area contributed by atoms with Gasteiger partial charge in [0.1, 0.15) is 5.03 Å². The van der Waals surface area contributed by atoms with Crippen LogP contribution in [0.25, 0.3) is 22.4 Å². The van der Waals surface area contributed by atoms with Gasteiger partial charge >= 0.3 is 0 Å². The van der Waals surface area contributed by atoms with Gasteiger partial charge in [0.2, 0.25) is 0 Å². The van der Waals surface area contributed by atoms with Crippen LogP contribution in [-0.2, 0) is 5.75 Å². The van der Waals surface area contributed by atoms with Gasteiger partial charge in [-0.25, -0.2) is 0 Å². The quantitative estimate of drug-likeness (QED) is 0.353. The Labute approximate surface area is 168 Å². The largest absolute Gasteiger partial charge is 0.149 e. The second-order valence-electron chi connectivity index (χ2n) is 6.12. The van der Waals surface area contributed by atoms with Gasteiger partial charge in [0, 0.05) is 16.3 Å². The van der Waals surface area contributed by atoms with E-state index in [4.69, 9.17) is 11.6 Å². The average molecular weight is 389 g/mol. The summed E-state index contributed by atoms with van der Waals surface area (Å²) in [7, 11) is 0. The van der Waals surface area contributed by atoms with Crippen molar-refractivity contribution in [1.29, 1.82) is 0 Å². The summed E-state index contributed by atoms with van der Waals surface area (Å²) in [5.41, 5.74) is 5.52. The highest BCUT2D eigenvalue weighted by Gasteiger charge is 2.04. The lowest BCUT2D eigenvalue weighted by Crippen LogP contribution is -1.90. The Balaban J connectivity index is 1.44. The minimum Gasteiger partial charge on any atom is -0.149 e. The van der Waals surface area contributed by atoms with Crippen LogP contribution in [0.2, 0.25) is 5.02 Å². The summed E-state index contributed by atoms with van der Waals surface area (Å²) in [5.74, 6) is 0.820. The first kappa shape index (κ1) is 17.8. The third-order valence-corrected chi connectivity index (χ3v) is 5.43. The zero-order valence-electron chi connectivity index (χ0n) is 14.5. The number of nitrogens with zero attached hydrogens (tertiary/aromatic N) is 2. The molecule has 0 aliphatic carbocycles. The average Bonchev–Trinajstić information content (AvgIpc) is 2.74. The number of rotatable bonds is 5. The maximum atomic E-state index is 6.03. The molecule has 0 N–H and O–H groups in total. The third kappa shape index (κ3) is 4.57. The molecule has 0 fully saturated rings. The maximum absolute atomic E-state index is 6.03. The summed E-state index contributed by atoms with van der Waals surface area (Å²) in [6.45, 7) is 0. The molecule has 3 aromatic carbocycles. The van der Waals surface area contributed by atoms with Crippen molar-refractivity contribution in [2.24, 2.45) is 0 Å². The highest BCUT2D eigenvalue weighted by molar-refractivity contribution is 7.98. The van der Waals surface area contributed by atoms with Crippen LogP contribution in [0.4, 0.5) is 0 Å². The van der Waals surface area contributed by atoms with Crippen LogP contribution < -0.4 is 0 Å². The van der Waals surface area contributed by atoms with Gasteiger partial charge < -0.3 is 0 Å². The van der Waals surface area contributed by atoms with Crippen LogP contribution in [0.5, 0.6) is 0 Å². The Morgan fingerprint density at radius 2 is 1.41 bits per heavy atom. The topological polar surface area (TPSA) is 25.8 Å². The van der Waals surface area contributed by atoms with Crippen LogP contribution in [0.3, 0.4) is 0 Å². The summed E-state index contributed by atoms with van der Waals surface area (Å²) in [5, 5.41) is 10.4. The molecule has 4 aromatic rings. The fourth-order valence-corrected chi connectivity index (χ4v) is 3.77. The van der Waals surface area contributed by atoms with Crippen molar-refractivity contribution in [2.75, 3.05) is 0 Å². The molecule has 27 heavy (non-hydrogen) atoms. The lowest BCUT2D eigenvalue weighted by atomic mass is 10.0. The summed E-state index contributed by atoms with van der Waals surface area (Å²) >= 11 is 7.68. The standard InChI is InChI=1S/C23H17ClN2S/c24-21-8-4-5-17(15-21)16-27-23-14-13-22(25-26-23)20-11-9-19(10-12-20)18-6-2-1-3-7-18/h1-15H,16H2. The molecule has 4 rings (SSSR count). The molecule has 0 amide bonds. The van der Waals surface area contributed by atoms with E-state index < -0.39 is 0 Å². The highest BCUT2D eigenvalue weighted by atomic mass is 35.5. The number of hydrogen-bond donors (Lipinski definition) is 0. The zero-order chi connectivity index (χ0) is 18.5. The summed E-state index contributed by atoms with van der Waals surface area (Å²) < 4.78 is 0. The molecule has 132 valence electrons. The molecule has 0 spiro atoms. The third-order valence-electron chi connectivity index (χ3n) is 4.20. The van der Waals surface area contributed by atoms with E-state index in [1.807, 2.05) is 36.4 Å². The Kier molecular flexibility index (Phi) is 5.52. The molecular formula is C23H17ClN2S. The van der Waals surface area contributed by atoms with E-state index in [0.29, 0.717) is 0 Å². The first-order valence-corrected chi connectivity index (χ1v) is 10.0. The zero-order valence-corrected chi connectivity index (χ0v) is 16.1. The maximum Gasteiger partial charge on any atom is 0.119 e. The molecular weight excluding hydrogens is 372 g/mol. The van der Waals surface area contributed by atoms with Crippen molar-refractivity contribution in [3.05, 3.63) is 102 Å². The van der Waals surface area contributed by atoms with Crippen LogP contribution in [0.15, 0.2) is 96.0 Å². The fraction of sp³-hybridized carbons (Fsp3) is 0.0435. The van der Waals surface area contributed by atoms with Crippen molar-refractivity contribution >= 4 is 23.4 Å². The monoisotopic (exact) mass is 388 g/mol. The van der Waals surface area contributed by atoms with Crippen molar-refractivity contribution in [2.45, 2.75) is 10.8 Å². The van der Waals surface area contributed by atoms with Gasteiger partial charge in [-0.15, -0.1) is 10.2 Å². The highest BCUT2D eigenvalue weighted by Crippen LogP contribution is 2.26. The number of thioether (sulfide) groups is 1. The second-order valence-corrected chi connectivity index (χ2v) is 7.55. The van der Waals surface area contributed by atoms with Crippen molar-refractivity contribution in [3.63, 3.8) is 0 Å². The normalized spacial score (nSPS) is 10.7. The lowest BCUT2D eigenvalue weighted by Gasteiger charge is -2.05. The Morgan fingerprint density at radius 1 is 0.667 bits per heavy atom. The smallest absolute Gasteiger partial charge is 0.119 e. The minimum atomic E-state index is 0.758. The Morgan fingerprint density at radius 3 is 2.11 bits per heavy atom. The van der Waals surface area contributed by atoms with Crippen molar-refractivity contribution in [1.82, 2.24) is 10.2 Å². The molecule has 0 aliphatic heterocycles. The molecule has 0 aliphatic rings. The molecule has 0 saturated carbocycles. The Hall–Kier alpha value is -2.62. The summed E-state index contributed by atoms with van der Waals surface area (Å²) in [6.07, 6.45) is 0. The second kappa shape index (κ2) is 8.38. The van der Waals surface area contributed by atoms with Crippen LogP contribution in [0.1, 0.15) is 5.56 Å². The molecule has 4 heteroatoms. The molecule has 2 nitrogen and oxygen atoms in total. The number of aromatic nitrogens is 2. The molecule has 0 atom stereocenters. The van der Waals surface area contributed by atoms with E-state index in [0.717, 1.165) is 27.1 Å². The van der Waals surface area contributed by atoms with E-state index in [1.54, 1.807) is 11.8 Å². The Bertz CT molecular complexity index is 1020. The molecule has 0 unspecified atom stereocenters. The van der Waals surface area contributed by atoms with Crippen molar-refractivity contribution < 1.29 is 0 Å². The van der Waals surface area contributed by atoms with Crippen molar-refractivity contribution in [3.8, 4) is 22.4 Å². The first-order chi connectivity index (χ1) is 13.3. The van der Waals surface area contributed by atoms with Gasteiger partial charge in [-0.1, -0.05) is 90.1 Å². The van der Waals surface area contributed by atoms with E-state index in [2.05, 4.69) is 64.8 Å². The minimum absolute atomic E-state index is 0.758. The van der Waals surface area contributed by atoms with Gasteiger partial charge in [-0.05, 0) is 41.0 Å². The summed E-state index contributed by atoms with van der Waals surface area (Å²) in [6, 6.07) is 30.7. The van der Waals surface area contributed by atoms with E-state index in [1.165, 1.54) is 16.7 Å².